The molecule has 0 saturated carbocycles. The molecule has 1 saturated heterocycles. The SMILES string of the molecule is O=C(S)/C(CN1CCOCC1)=N\O. The van der Waals surface area contributed by atoms with Crippen molar-refractivity contribution in [2.75, 3.05) is 32.8 Å². The first kappa shape index (κ1) is 10.5. The molecule has 5 nitrogen and oxygen atoms in total. The van der Waals surface area contributed by atoms with Gasteiger partial charge in [-0.25, -0.2) is 0 Å². The molecule has 74 valence electrons. The Labute approximate surface area is 81.8 Å². The van der Waals surface area contributed by atoms with Crippen LogP contribution >= 0.6 is 12.6 Å². The highest BCUT2D eigenvalue weighted by atomic mass is 32.1. The summed E-state index contributed by atoms with van der Waals surface area (Å²) in [6.45, 7) is 3.14. The molecule has 1 fully saturated rings. The molecule has 0 aliphatic carbocycles. The molecule has 0 bridgehead atoms. The maximum Gasteiger partial charge on any atom is 0.235 e. The van der Waals surface area contributed by atoms with Gasteiger partial charge in [0.05, 0.1) is 13.2 Å². The second-order valence-electron chi connectivity index (χ2n) is 2.74. The van der Waals surface area contributed by atoms with E-state index in [0.717, 1.165) is 13.1 Å². The van der Waals surface area contributed by atoms with Gasteiger partial charge in [-0.2, -0.15) is 0 Å². The van der Waals surface area contributed by atoms with Crippen molar-refractivity contribution in [1.29, 1.82) is 0 Å². The van der Waals surface area contributed by atoms with Gasteiger partial charge >= 0.3 is 0 Å². The minimum Gasteiger partial charge on any atom is -0.410 e. The van der Waals surface area contributed by atoms with Crippen LogP contribution in [0.25, 0.3) is 0 Å². The molecule has 1 aliphatic rings. The maximum atomic E-state index is 10.8. The summed E-state index contributed by atoms with van der Waals surface area (Å²) < 4.78 is 5.13. The van der Waals surface area contributed by atoms with Gasteiger partial charge in [0.25, 0.3) is 0 Å². The minimum atomic E-state index is -0.492. The third-order valence-electron chi connectivity index (χ3n) is 1.84. The van der Waals surface area contributed by atoms with Crippen molar-refractivity contribution in [1.82, 2.24) is 4.90 Å². The molecule has 1 rings (SSSR count). The molecule has 0 atom stereocenters. The van der Waals surface area contributed by atoms with E-state index in [1.807, 2.05) is 4.90 Å². The van der Waals surface area contributed by atoms with Gasteiger partial charge in [-0.15, -0.1) is 0 Å². The molecule has 0 aromatic rings. The van der Waals surface area contributed by atoms with Crippen LogP contribution < -0.4 is 0 Å². The van der Waals surface area contributed by atoms with Crippen LogP contribution in [0.5, 0.6) is 0 Å². The average Bonchev–Trinajstić information content (AvgIpc) is 2.15. The van der Waals surface area contributed by atoms with Crippen molar-refractivity contribution in [3.8, 4) is 0 Å². The fraction of sp³-hybridized carbons (Fsp3) is 0.714. The third-order valence-corrected chi connectivity index (χ3v) is 2.10. The van der Waals surface area contributed by atoms with Crippen LogP contribution in [-0.4, -0.2) is 53.8 Å². The number of thiol groups is 1. The number of hydrogen-bond donors (Lipinski definition) is 2. The lowest BCUT2D eigenvalue weighted by Crippen LogP contribution is -2.40. The quantitative estimate of drug-likeness (QED) is 0.284. The summed E-state index contributed by atoms with van der Waals surface area (Å²) in [6.07, 6.45) is 0. The highest BCUT2D eigenvalue weighted by Gasteiger charge is 2.16. The topological polar surface area (TPSA) is 62.1 Å². The Morgan fingerprint density at radius 2 is 2.15 bits per heavy atom. The maximum absolute atomic E-state index is 10.8. The molecule has 0 spiro atoms. The van der Waals surface area contributed by atoms with Crippen molar-refractivity contribution >= 4 is 23.5 Å². The van der Waals surface area contributed by atoms with Gasteiger partial charge in [0.2, 0.25) is 5.12 Å². The molecule has 0 amide bonds. The van der Waals surface area contributed by atoms with Gasteiger partial charge in [-0.3, -0.25) is 9.69 Å². The van der Waals surface area contributed by atoms with Gasteiger partial charge in [-0.05, 0) is 0 Å². The molecule has 1 heterocycles. The van der Waals surface area contributed by atoms with E-state index in [4.69, 9.17) is 9.94 Å². The Morgan fingerprint density at radius 3 is 2.62 bits per heavy atom. The molecule has 1 N–H and O–H groups in total. The van der Waals surface area contributed by atoms with Crippen LogP contribution in [0.3, 0.4) is 0 Å². The van der Waals surface area contributed by atoms with Crippen LogP contribution in [0.4, 0.5) is 0 Å². The van der Waals surface area contributed by atoms with Gasteiger partial charge in [-0.1, -0.05) is 17.8 Å². The molecule has 0 unspecified atom stereocenters. The predicted octanol–water partition coefficient (Wildman–Crippen LogP) is -0.395. The van der Waals surface area contributed by atoms with Gasteiger partial charge in [0.15, 0.2) is 0 Å². The molecular weight excluding hydrogens is 192 g/mol. The zero-order valence-corrected chi connectivity index (χ0v) is 8.04. The summed E-state index contributed by atoms with van der Waals surface area (Å²) in [5.41, 5.74) is 0.0743. The van der Waals surface area contributed by atoms with Crippen LogP contribution in [-0.2, 0) is 9.53 Å². The van der Waals surface area contributed by atoms with Crippen molar-refractivity contribution < 1.29 is 14.7 Å². The van der Waals surface area contributed by atoms with Crippen molar-refractivity contribution in [3.05, 3.63) is 0 Å². The van der Waals surface area contributed by atoms with E-state index >= 15 is 0 Å². The van der Waals surface area contributed by atoms with Crippen LogP contribution in [0.2, 0.25) is 0 Å². The average molecular weight is 204 g/mol. The second-order valence-corrected chi connectivity index (χ2v) is 3.15. The van der Waals surface area contributed by atoms with Crippen LogP contribution in [0, 0.1) is 0 Å². The van der Waals surface area contributed by atoms with E-state index < -0.39 is 5.12 Å². The van der Waals surface area contributed by atoms with E-state index in [2.05, 4.69) is 17.8 Å². The van der Waals surface area contributed by atoms with Crippen molar-refractivity contribution in [3.63, 3.8) is 0 Å². The first-order chi connectivity index (χ1) is 6.24. The van der Waals surface area contributed by atoms with Gasteiger partial charge in [0, 0.05) is 19.6 Å². The minimum absolute atomic E-state index is 0.0743. The fourth-order valence-corrected chi connectivity index (χ4v) is 1.23. The van der Waals surface area contributed by atoms with Crippen molar-refractivity contribution in [2.24, 2.45) is 5.16 Å². The Hall–Kier alpha value is -0.590. The monoisotopic (exact) mass is 204 g/mol. The number of ether oxygens (including phenoxy) is 1. The largest absolute Gasteiger partial charge is 0.410 e. The Morgan fingerprint density at radius 1 is 1.54 bits per heavy atom. The number of oxime groups is 1. The lowest BCUT2D eigenvalue weighted by atomic mass is 10.3. The third kappa shape index (κ3) is 3.33. The van der Waals surface area contributed by atoms with Crippen LogP contribution in [0.15, 0.2) is 5.16 Å². The summed E-state index contributed by atoms with van der Waals surface area (Å²) in [5.74, 6) is 0. The number of nitrogens with zero attached hydrogens (tertiary/aromatic N) is 2. The summed E-state index contributed by atoms with van der Waals surface area (Å²) >= 11 is 3.59. The van der Waals surface area contributed by atoms with E-state index in [1.165, 1.54) is 0 Å². The molecule has 1 aliphatic heterocycles. The zero-order chi connectivity index (χ0) is 9.68. The first-order valence-corrected chi connectivity index (χ1v) is 4.43. The smallest absolute Gasteiger partial charge is 0.235 e. The standard InChI is InChI=1S/C7H12N2O3S/c10-7(13)6(8-11)5-9-1-3-12-4-2-9/h11H,1-5H2,(H,10,13)/b8-6-. The second kappa shape index (κ2) is 5.21. The molecule has 0 aromatic heterocycles. The zero-order valence-electron chi connectivity index (χ0n) is 7.14. The Balaban J connectivity index is 2.41. The lowest BCUT2D eigenvalue weighted by Gasteiger charge is -2.25. The summed E-state index contributed by atoms with van der Waals surface area (Å²) in [6, 6.07) is 0. The lowest BCUT2D eigenvalue weighted by molar-refractivity contribution is -0.105. The number of morpholine rings is 1. The Bertz CT molecular complexity index is 214. The Kier molecular flexibility index (Phi) is 4.20. The highest BCUT2D eigenvalue weighted by molar-refractivity contribution is 7.98. The fourth-order valence-electron chi connectivity index (χ4n) is 1.11. The molecule has 0 radical (unpaired) electrons. The van der Waals surface area contributed by atoms with Gasteiger partial charge < -0.3 is 9.94 Å². The summed E-state index contributed by atoms with van der Waals surface area (Å²) in [7, 11) is 0. The molecular formula is C7H12N2O3S. The molecule has 0 aromatic carbocycles. The summed E-state index contributed by atoms with van der Waals surface area (Å²) in [4.78, 5) is 12.7. The normalized spacial score (nSPS) is 20.2. The molecule has 13 heavy (non-hydrogen) atoms. The van der Waals surface area contributed by atoms with Crippen molar-refractivity contribution in [2.45, 2.75) is 0 Å². The number of carbonyl (C=O) groups is 1. The van der Waals surface area contributed by atoms with E-state index in [0.29, 0.717) is 19.8 Å². The van der Waals surface area contributed by atoms with E-state index in [9.17, 15) is 4.79 Å². The number of carbonyl (C=O) groups excluding carboxylic acids is 1. The van der Waals surface area contributed by atoms with E-state index in [-0.39, 0.29) is 5.71 Å². The van der Waals surface area contributed by atoms with E-state index in [1.54, 1.807) is 0 Å². The first-order valence-electron chi connectivity index (χ1n) is 3.98. The summed E-state index contributed by atoms with van der Waals surface area (Å²) in [5, 5.41) is 10.9. The number of hydrogen-bond acceptors (Lipinski definition) is 5. The number of rotatable bonds is 3. The highest BCUT2D eigenvalue weighted by Crippen LogP contribution is 1.98. The van der Waals surface area contributed by atoms with Gasteiger partial charge in [0.1, 0.15) is 5.71 Å². The predicted molar refractivity (Wildman–Crippen MR) is 50.5 cm³/mol. The molecule has 6 heteroatoms. The van der Waals surface area contributed by atoms with Crippen LogP contribution in [0.1, 0.15) is 0 Å².